The Balaban J connectivity index is 1.22. The number of alkyl carbamates (subject to hydrolysis) is 1. The third-order valence-electron chi connectivity index (χ3n) is 6.03. The molecule has 0 bridgehead atoms. The molecule has 1 amide bonds. The van der Waals surface area contributed by atoms with E-state index in [1.54, 1.807) is 0 Å². The van der Waals surface area contributed by atoms with Crippen molar-refractivity contribution in [2.24, 2.45) is 0 Å². The molecular formula is C21H25ClFN5O5S. The van der Waals surface area contributed by atoms with Gasteiger partial charge in [0.1, 0.15) is 21.8 Å². The van der Waals surface area contributed by atoms with Crippen LogP contribution in [0.25, 0.3) is 0 Å². The summed E-state index contributed by atoms with van der Waals surface area (Å²) in [6.07, 6.45) is 3.27. The highest BCUT2D eigenvalue weighted by molar-refractivity contribution is 7.89. The number of amides is 1. The highest BCUT2D eigenvalue weighted by Gasteiger charge is 2.31. The Labute approximate surface area is 200 Å². The molecule has 2 fully saturated rings. The van der Waals surface area contributed by atoms with Crippen molar-refractivity contribution in [1.29, 1.82) is 0 Å². The lowest BCUT2D eigenvalue weighted by atomic mass is 9.92. The Bertz CT molecular complexity index is 1200. The fourth-order valence-electron chi connectivity index (χ4n) is 4.29. The fourth-order valence-corrected chi connectivity index (χ4v) is 5.89. The quantitative estimate of drug-likeness (QED) is 0.539. The SMILES string of the molecule is O=C(N[C@H]1CC[C@H](NS(=O)(=O)c2ccccc2F)CC1)O[C@@H]1CCN(c2cn[nH]c(=O)c2Cl)C1. The minimum Gasteiger partial charge on any atom is -0.444 e. The van der Waals surface area contributed by atoms with Crippen molar-refractivity contribution in [3.05, 3.63) is 51.7 Å². The second kappa shape index (κ2) is 10.3. The first-order chi connectivity index (χ1) is 16.2. The molecule has 4 rings (SSSR count). The number of rotatable bonds is 6. The number of H-pyrrole nitrogens is 1. The summed E-state index contributed by atoms with van der Waals surface area (Å²) in [6, 6.07) is 4.75. The second-order valence-corrected chi connectivity index (χ2v) is 10.5. The Morgan fingerprint density at radius 3 is 2.62 bits per heavy atom. The molecule has 1 saturated carbocycles. The van der Waals surface area contributed by atoms with Crippen LogP contribution in [0, 0.1) is 5.82 Å². The zero-order valence-electron chi connectivity index (χ0n) is 18.2. The summed E-state index contributed by atoms with van der Waals surface area (Å²) in [4.78, 5) is 25.5. The number of aromatic nitrogens is 2. The van der Waals surface area contributed by atoms with Crippen molar-refractivity contribution in [3.63, 3.8) is 0 Å². The summed E-state index contributed by atoms with van der Waals surface area (Å²) in [5, 5.41) is 8.90. The van der Waals surface area contributed by atoms with Gasteiger partial charge < -0.3 is 15.0 Å². The maximum atomic E-state index is 13.9. The molecule has 34 heavy (non-hydrogen) atoms. The van der Waals surface area contributed by atoms with Crippen LogP contribution in [0.2, 0.25) is 5.02 Å². The predicted molar refractivity (Wildman–Crippen MR) is 123 cm³/mol. The summed E-state index contributed by atoms with van der Waals surface area (Å²) in [5.74, 6) is -0.795. The van der Waals surface area contributed by atoms with E-state index in [2.05, 4.69) is 20.2 Å². The van der Waals surface area contributed by atoms with Crippen LogP contribution in [-0.2, 0) is 14.8 Å². The number of hydrogen-bond acceptors (Lipinski definition) is 7. The zero-order chi connectivity index (χ0) is 24.3. The van der Waals surface area contributed by atoms with Crippen molar-refractivity contribution < 1.29 is 22.3 Å². The third-order valence-corrected chi connectivity index (χ3v) is 7.95. The van der Waals surface area contributed by atoms with Gasteiger partial charge in [0.25, 0.3) is 5.56 Å². The Morgan fingerprint density at radius 1 is 1.18 bits per heavy atom. The summed E-state index contributed by atoms with van der Waals surface area (Å²) in [6.45, 7) is 0.957. The van der Waals surface area contributed by atoms with E-state index in [0.29, 0.717) is 50.9 Å². The van der Waals surface area contributed by atoms with Gasteiger partial charge in [-0.3, -0.25) is 4.79 Å². The number of ether oxygens (including phenoxy) is 1. The van der Waals surface area contributed by atoms with Crippen molar-refractivity contribution in [1.82, 2.24) is 20.2 Å². The smallest absolute Gasteiger partial charge is 0.407 e. The maximum absolute atomic E-state index is 13.9. The van der Waals surface area contributed by atoms with Gasteiger partial charge in [-0.2, -0.15) is 5.10 Å². The van der Waals surface area contributed by atoms with Gasteiger partial charge in [0.05, 0.1) is 18.4 Å². The number of carbonyl (C=O) groups is 1. The van der Waals surface area contributed by atoms with Crippen LogP contribution in [0.1, 0.15) is 32.1 Å². The predicted octanol–water partition coefficient (Wildman–Crippen LogP) is 2.16. The number of benzene rings is 1. The number of aromatic amines is 1. The van der Waals surface area contributed by atoms with Crippen LogP contribution in [0.15, 0.2) is 40.2 Å². The number of carbonyl (C=O) groups excluding carboxylic acids is 1. The number of hydrogen-bond donors (Lipinski definition) is 3. The van der Waals surface area contributed by atoms with E-state index in [-0.39, 0.29) is 28.1 Å². The Kier molecular flexibility index (Phi) is 7.39. The molecule has 0 unspecified atom stereocenters. The average molecular weight is 514 g/mol. The third kappa shape index (κ3) is 5.68. The van der Waals surface area contributed by atoms with Gasteiger partial charge in [-0.15, -0.1) is 0 Å². The highest BCUT2D eigenvalue weighted by atomic mass is 35.5. The molecular weight excluding hydrogens is 489 g/mol. The lowest BCUT2D eigenvalue weighted by Gasteiger charge is -2.29. The van der Waals surface area contributed by atoms with E-state index >= 15 is 0 Å². The van der Waals surface area contributed by atoms with Gasteiger partial charge in [0.2, 0.25) is 10.0 Å². The largest absolute Gasteiger partial charge is 0.444 e. The minimum atomic E-state index is -3.96. The van der Waals surface area contributed by atoms with E-state index in [1.165, 1.54) is 24.4 Å². The molecule has 0 spiro atoms. The lowest BCUT2D eigenvalue weighted by Crippen LogP contribution is -2.44. The lowest BCUT2D eigenvalue weighted by molar-refractivity contribution is 0.102. The second-order valence-electron chi connectivity index (χ2n) is 8.40. The normalized spacial score (nSPS) is 23.0. The first-order valence-electron chi connectivity index (χ1n) is 10.9. The number of halogens is 2. The molecule has 2 aromatic rings. The highest BCUT2D eigenvalue weighted by Crippen LogP contribution is 2.26. The molecule has 0 radical (unpaired) electrons. The van der Waals surface area contributed by atoms with Gasteiger partial charge in [-0.1, -0.05) is 23.7 Å². The molecule has 3 N–H and O–H groups in total. The van der Waals surface area contributed by atoms with E-state index in [9.17, 15) is 22.4 Å². The number of sulfonamides is 1. The summed E-state index contributed by atoms with van der Waals surface area (Å²) >= 11 is 6.04. The molecule has 2 aliphatic rings. The van der Waals surface area contributed by atoms with E-state index in [4.69, 9.17) is 16.3 Å². The number of nitrogens with one attached hydrogen (secondary N) is 3. The van der Waals surface area contributed by atoms with Crippen LogP contribution in [0.3, 0.4) is 0 Å². The van der Waals surface area contributed by atoms with Crippen molar-refractivity contribution in [3.8, 4) is 0 Å². The molecule has 1 aliphatic carbocycles. The van der Waals surface area contributed by atoms with E-state index in [0.717, 1.165) is 6.07 Å². The Hall–Kier alpha value is -2.70. The average Bonchev–Trinajstić information content (AvgIpc) is 3.25. The Morgan fingerprint density at radius 2 is 1.88 bits per heavy atom. The maximum Gasteiger partial charge on any atom is 0.407 e. The summed E-state index contributed by atoms with van der Waals surface area (Å²) < 4.78 is 46.9. The van der Waals surface area contributed by atoms with Gasteiger partial charge in [0, 0.05) is 25.0 Å². The molecule has 13 heteroatoms. The van der Waals surface area contributed by atoms with Gasteiger partial charge in [-0.05, 0) is 37.8 Å². The van der Waals surface area contributed by atoms with Crippen LogP contribution < -0.4 is 20.5 Å². The van der Waals surface area contributed by atoms with Gasteiger partial charge in [-0.25, -0.2) is 27.4 Å². The van der Waals surface area contributed by atoms with Crippen LogP contribution in [0.5, 0.6) is 0 Å². The zero-order valence-corrected chi connectivity index (χ0v) is 19.7. The van der Waals surface area contributed by atoms with Gasteiger partial charge in [0.15, 0.2) is 0 Å². The topological polar surface area (TPSA) is 133 Å². The molecule has 2 heterocycles. The molecule has 1 saturated heterocycles. The van der Waals surface area contributed by atoms with Crippen LogP contribution in [0.4, 0.5) is 14.9 Å². The molecule has 184 valence electrons. The molecule has 1 aromatic carbocycles. The van der Waals surface area contributed by atoms with E-state index in [1.807, 2.05) is 4.90 Å². The van der Waals surface area contributed by atoms with Crippen LogP contribution in [-0.4, -0.2) is 56.0 Å². The van der Waals surface area contributed by atoms with Crippen molar-refractivity contribution in [2.75, 3.05) is 18.0 Å². The summed E-state index contributed by atoms with van der Waals surface area (Å²) in [7, 11) is -3.96. The molecule has 1 aromatic heterocycles. The standard InChI is InChI=1S/C21H25ClFN5O5S/c22-19-17(11-24-26-20(19)29)28-10-9-15(12-28)33-21(30)25-13-5-7-14(8-6-13)27-34(31,32)18-4-2-1-3-16(18)23/h1-4,11,13-15,27H,5-10,12H2,(H,25,30)(H,26,29)/t13-,14-,15-/m1/s1. The first-order valence-corrected chi connectivity index (χ1v) is 12.8. The first kappa shape index (κ1) is 24.4. The van der Waals surface area contributed by atoms with Crippen molar-refractivity contribution in [2.45, 2.75) is 55.2 Å². The minimum absolute atomic E-state index is 0.0440. The number of anilines is 1. The van der Waals surface area contributed by atoms with Crippen LogP contribution >= 0.6 is 11.6 Å². The summed E-state index contributed by atoms with van der Waals surface area (Å²) in [5.41, 5.74) is 0.0150. The number of nitrogens with zero attached hydrogens (tertiary/aromatic N) is 2. The van der Waals surface area contributed by atoms with Crippen molar-refractivity contribution >= 4 is 33.4 Å². The van der Waals surface area contributed by atoms with Gasteiger partial charge >= 0.3 is 6.09 Å². The van der Waals surface area contributed by atoms with E-state index < -0.39 is 27.5 Å². The fraction of sp³-hybridized carbons (Fsp3) is 0.476. The molecule has 10 nitrogen and oxygen atoms in total. The molecule has 1 aliphatic heterocycles. The molecule has 1 atom stereocenters. The monoisotopic (exact) mass is 513 g/mol.